The Hall–Kier alpha value is -3.34. The average molecular weight is 586 g/mol. The second-order valence-corrected chi connectivity index (χ2v) is 12.2. The summed E-state index contributed by atoms with van der Waals surface area (Å²) in [6.45, 7) is 2.30. The van der Waals surface area contributed by atoms with Crippen LogP contribution in [0.4, 0.5) is 24.5 Å². The molecule has 0 saturated carbocycles. The number of rotatable bonds is 8. The van der Waals surface area contributed by atoms with Gasteiger partial charge in [-0.25, -0.2) is 13.3 Å². The first-order valence-electron chi connectivity index (χ1n) is 13.9. The number of para-hydroxylation sites is 2. The van der Waals surface area contributed by atoms with Crippen molar-refractivity contribution in [2.45, 2.75) is 68.9 Å². The lowest BCUT2D eigenvalue weighted by molar-refractivity contribution is -0.274. The highest BCUT2D eigenvalue weighted by atomic mass is 32.2. The maximum absolute atomic E-state index is 14.3. The van der Waals surface area contributed by atoms with Crippen molar-refractivity contribution in [3.63, 3.8) is 0 Å². The van der Waals surface area contributed by atoms with E-state index in [1.807, 2.05) is 37.3 Å². The molecule has 1 heterocycles. The fraction of sp³-hybridized carbons (Fsp3) is 0.355. The number of aliphatic hydroxyl groups excluding tert-OH is 1. The second-order valence-electron chi connectivity index (χ2n) is 10.2. The highest BCUT2D eigenvalue weighted by Gasteiger charge is 2.35. The topological polar surface area (TPSA) is 74.2 Å². The number of unbranched alkanes of at least 4 members (excludes halogenated alkanes) is 1. The molecule has 1 aliphatic heterocycles. The van der Waals surface area contributed by atoms with E-state index in [9.17, 15) is 22.5 Å². The van der Waals surface area contributed by atoms with E-state index in [0.29, 0.717) is 31.5 Å². The van der Waals surface area contributed by atoms with Gasteiger partial charge in [-0.3, -0.25) is 0 Å². The molecule has 0 saturated heterocycles. The highest BCUT2D eigenvalue weighted by Crippen LogP contribution is 2.41. The molecule has 5 rings (SSSR count). The first-order chi connectivity index (χ1) is 19.7. The molecule has 218 valence electrons. The molecule has 2 aliphatic rings. The molecule has 3 atom stereocenters. The molecule has 6 nitrogen and oxygen atoms in total. The van der Waals surface area contributed by atoms with Crippen LogP contribution in [0.3, 0.4) is 0 Å². The van der Waals surface area contributed by atoms with Gasteiger partial charge in [-0.05, 0) is 79.6 Å². The number of fused-ring (bicyclic) bond motifs is 2. The highest BCUT2D eigenvalue weighted by molar-refractivity contribution is 7.91. The largest absolute Gasteiger partial charge is 0.573 e. The van der Waals surface area contributed by atoms with Crippen LogP contribution in [0.2, 0.25) is 0 Å². The number of nitrogens with zero attached hydrogens (tertiary/aromatic N) is 2. The molecule has 0 bridgehead atoms. The zero-order valence-corrected chi connectivity index (χ0v) is 23.6. The predicted molar refractivity (Wildman–Crippen MR) is 154 cm³/mol. The number of nitrogens with one attached hydrogen (secondary N) is 1. The van der Waals surface area contributed by atoms with Gasteiger partial charge in [0.15, 0.2) is 0 Å². The molecular formula is C31H34F3N3O3S. The normalized spacial score (nSPS) is 20.2. The number of anilines is 2. The number of alkyl halides is 3. The molecule has 2 N–H and O–H groups in total. The number of aliphatic hydroxyl groups is 1. The summed E-state index contributed by atoms with van der Waals surface area (Å²) in [6.07, 6.45) is 0.605. The maximum Gasteiger partial charge on any atom is 0.573 e. The van der Waals surface area contributed by atoms with Crippen molar-refractivity contribution in [1.29, 1.82) is 0 Å². The van der Waals surface area contributed by atoms with Gasteiger partial charge in [-0.1, -0.05) is 55.8 Å². The Bertz CT molecular complexity index is 1470. The minimum atomic E-state index is -4.83. The van der Waals surface area contributed by atoms with Crippen LogP contribution in [0.1, 0.15) is 43.7 Å². The molecule has 0 amide bonds. The molecule has 41 heavy (non-hydrogen) atoms. The Morgan fingerprint density at radius 1 is 1.00 bits per heavy atom. The van der Waals surface area contributed by atoms with Gasteiger partial charge < -0.3 is 14.7 Å². The third kappa shape index (κ3) is 6.60. The van der Waals surface area contributed by atoms with Gasteiger partial charge in [0.05, 0.1) is 10.9 Å². The van der Waals surface area contributed by atoms with Crippen LogP contribution in [0.15, 0.2) is 93.8 Å². The lowest BCUT2D eigenvalue weighted by Crippen LogP contribution is -2.48. The minimum absolute atomic E-state index is 0.233. The number of aryl methyl sites for hydroxylation is 2. The summed E-state index contributed by atoms with van der Waals surface area (Å²) in [5.74, 6) is -0.405. The van der Waals surface area contributed by atoms with E-state index in [-0.39, 0.29) is 4.90 Å². The van der Waals surface area contributed by atoms with Crippen molar-refractivity contribution in [3.8, 4) is 5.75 Å². The number of allylic oxidation sites excluding steroid dienone is 1. The minimum Gasteiger partial charge on any atom is -0.406 e. The SMILES string of the molecule is CCCCN=S(=O)(N[C@H]1CCC=C(N2c3ccccc3CCc3ccccc32)[C@@H]1O)c1ccc(OC(F)(F)F)cc1. The summed E-state index contributed by atoms with van der Waals surface area (Å²) in [5.41, 5.74) is 5.03. The molecule has 0 radical (unpaired) electrons. The number of ether oxygens (including phenoxy) is 1. The van der Waals surface area contributed by atoms with Crippen molar-refractivity contribution in [1.82, 2.24) is 4.72 Å². The molecule has 0 aromatic heterocycles. The first-order valence-corrected chi connectivity index (χ1v) is 15.4. The zero-order valence-electron chi connectivity index (χ0n) is 22.8. The smallest absolute Gasteiger partial charge is 0.406 e. The van der Waals surface area contributed by atoms with Gasteiger partial charge in [0.2, 0.25) is 0 Å². The number of halogens is 3. The van der Waals surface area contributed by atoms with Gasteiger partial charge in [0, 0.05) is 23.6 Å². The quantitative estimate of drug-likeness (QED) is 0.278. The molecule has 1 aliphatic carbocycles. The van der Waals surface area contributed by atoms with Crippen molar-refractivity contribution in [2.24, 2.45) is 4.36 Å². The maximum atomic E-state index is 14.3. The monoisotopic (exact) mass is 585 g/mol. The van der Waals surface area contributed by atoms with Crippen LogP contribution in [0.5, 0.6) is 5.75 Å². The second kappa shape index (κ2) is 12.3. The molecule has 0 fully saturated rings. The van der Waals surface area contributed by atoms with Crippen LogP contribution in [-0.2, 0) is 22.8 Å². The van der Waals surface area contributed by atoms with Crippen molar-refractivity contribution in [3.05, 3.63) is 95.7 Å². The van der Waals surface area contributed by atoms with E-state index in [1.54, 1.807) is 0 Å². The average Bonchev–Trinajstić information content (AvgIpc) is 3.11. The Morgan fingerprint density at radius 3 is 2.20 bits per heavy atom. The third-order valence-corrected chi connectivity index (χ3v) is 9.45. The van der Waals surface area contributed by atoms with Gasteiger partial charge in [0.25, 0.3) is 0 Å². The summed E-state index contributed by atoms with van der Waals surface area (Å²) in [7, 11) is -3.28. The van der Waals surface area contributed by atoms with Crippen LogP contribution >= 0.6 is 0 Å². The summed E-state index contributed by atoms with van der Waals surface area (Å²) in [4.78, 5) is 2.34. The molecule has 10 heteroatoms. The lowest BCUT2D eigenvalue weighted by Gasteiger charge is -2.38. The van der Waals surface area contributed by atoms with Crippen molar-refractivity contribution < 1.29 is 27.2 Å². The molecule has 3 aromatic carbocycles. The summed E-state index contributed by atoms with van der Waals surface area (Å²) < 4.78 is 64.0. The van der Waals surface area contributed by atoms with E-state index in [4.69, 9.17) is 0 Å². The van der Waals surface area contributed by atoms with Crippen molar-refractivity contribution in [2.75, 3.05) is 11.4 Å². The Balaban J connectivity index is 1.48. The fourth-order valence-corrected chi connectivity index (χ4v) is 7.27. The molecule has 0 spiro atoms. The van der Waals surface area contributed by atoms with Gasteiger partial charge in [0.1, 0.15) is 21.8 Å². The van der Waals surface area contributed by atoms with Gasteiger partial charge in [-0.2, -0.15) is 0 Å². The molecular weight excluding hydrogens is 551 g/mol. The van der Waals surface area contributed by atoms with Crippen molar-refractivity contribution >= 4 is 21.3 Å². The third-order valence-electron chi connectivity index (χ3n) is 7.37. The predicted octanol–water partition coefficient (Wildman–Crippen LogP) is 7.06. The van der Waals surface area contributed by atoms with E-state index >= 15 is 0 Å². The summed E-state index contributed by atoms with van der Waals surface area (Å²) in [6, 6.07) is 20.6. The van der Waals surface area contributed by atoms with Crippen LogP contribution < -0.4 is 14.4 Å². The Morgan fingerprint density at radius 2 is 1.61 bits per heavy atom. The van der Waals surface area contributed by atoms with E-state index in [0.717, 1.165) is 42.8 Å². The zero-order chi connectivity index (χ0) is 29.0. The number of hydrogen-bond donors (Lipinski definition) is 2. The first kappa shape index (κ1) is 29.2. The van der Waals surface area contributed by atoms with Crippen LogP contribution in [-0.4, -0.2) is 34.4 Å². The standard InChI is InChI=1S/C31H34F3N3O3S/c1-2-3-21-35-41(39,25-19-17-24(18-20-25)40-31(32,33)34)36-26-11-8-14-29(30(26)38)37-27-12-6-4-9-22(27)15-16-23-10-5-7-13-28(23)37/h4-7,9-10,12-14,17-20,26,30,38H,2-3,8,11,15-16,21H2,1H3,(H,35,36,39)/t26-,30+,41?/m0/s1. The number of benzene rings is 3. The summed E-state index contributed by atoms with van der Waals surface area (Å²) in [5, 5.41) is 11.8. The van der Waals surface area contributed by atoms with E-state index < -0.39 is 34.2 Å². The lowest BCUT2D eigenvalue weighted by atomic mass is 9.94. The Labute approximate surface area is 239 Å². The molecule has 3 aromatic rings. The van der Waals surface area contributed by atoms with Crippen LogP contribution in [0, 0.1) is 0 Å². The van der Waals surface area contributed by atoms with Gasteiger partial charge >= 0.3 is 6.36 Å². The fourth-order valence-electron chi connectivity index (χ4n) is 5.36. The van der Waals surface area contributed by atoms with E-state index in [2.05, 4.69) is 43.0 Å². The van der Waals surface area contributed by atoms with E-state index in [1.165, 1.54) is 23.3 Å². The van der Waals surface area contributed by atoms with Gasteiger partial charge in [-0.15, -0.1) is 13.2 Å². The summed E-state index contributed by atoms with van der Waals surface area (Å²) >= 11 is 0. The number of hydrogen-bond acceptors (Lipinski definition) is 5. The van der Waals surface area contributed by atoms with Crippen LogP contribution in [0.25, 0.3) is 0 Å². The Kier molecular flexibility index (Phi) is 8.72. The molecule has 1 unspecified atom stereocenters.